The van der Waals surface area contributed by atoms with Gasteiger partial charge in [-0.15, -0.1) is 0 Å². The largest absolute Gasteiger partial charge is 0.452 e. The van der Waals surface area contributed by atoms with Gasteiger partial charge in [0.1, 0.15) is 6.07 Å². The summed E-state index contributed by atoms with van der Waals surface area (Å²) in [5.74, 6) is 0. The number of hydrogen-bond donors (Lipinski definition) is 0. The molecule has 2 heterocycles. The fourth-order valence-corrected chi connectivity index (χ4v) is 10.9. The lowest BCUT2D eigenvalue weighted by molar-refractivity contribution is 0.668. The Labute approximate surface area is 369 Å². The van der Waals surface area contributed by atoms with E-state index >= 15 is 0 Å². The van der Waals surface area contributed by atoms with Gasteiger partial charge in [-0.05, 0) is 116 Å². The van der Waals surface area contributed by atoms with Crippen molar-refractivity contribution in [1.82, 2.24) is 0 Å². The van der Waals surface area contributed by atoms with Gasteiger partial charge in [-0.3, -0.25) is 0 Å². The molecule has 13 rings (SSSR count). The van der Waals surface area contributed by atoms with E-state index in [0.717, 1.165) is 55.7 Å². The molecule has 0 fully saturated rings. The minimum absolute atomic E-state index is 0.485. The van der Waals surface area contributed by atoms with Crippen LogP contribution in [0.4, 0.5) is 34.1 Å². The van der Waals surface area contributed by atoms with E-state index < -0.39 is 5.41 Å². The third-order valence-electron chi connectivity index (χ3n) is 13.5. The van der Waals surface area contributed by atoms with Crippen LogP contribution in [0.5, 0.6) is 0 Å². The van der Waals surface area contributed by atoms with Gasteiger partial charge in [0.05, 0.1) is 45.4 Å². The Kier molecular flexibility index (Phi) is 7.58. The first-order valence-electron chi connectivity index (χ1n) is 21.5. The number of fused-ring (bicyclic) bond motifs is 16. The third-order valence-corrected chi connectivity index (χ3v) is 13.5. The Morgan fingerprint density at radius 2 is 1.05 bits per heavy atom. The highest BCUT2D eigenvalue weighted by molar-refractivity contribution is 6.18. The smallest absolute Gasteiger partial charge is 0.159 e. The quantitative estimate of drug-likeness (QED) is 0.177. The van der Waals surface area contributed by atoms with Gasteiger partial charge in [-0.1, -0.05) is 140 Å². The molecule has 0 saturated heterocycles. The number of rotatable bonds is 4. The summed E-state index contributed by atoms with van der Waals surface area (Å²) in [6.07, 6.45) is 0. The van der Waals surface area contributed by atoms with Crippen LogP contribution < -0.4 is 9.80 Å². The zero-order valence-electron chi connectivity index (χ0n) is 34.3. The van der Waals surface area contributed by atoms with Crippen LogP contribution in [0.1, 0.15) is 33.4 Å². The van der Waals surface area contributed by atoms with Crippen LogP contribution in [0, 0.1) is 22.7 Å². The maximum atomic E-state index is 10.2. The Hall–Kier alpha value is -8.90. The van der Waals surface area contributed by atoms with Crippen LogP contribution in [-0.2, 0) is 5.41 Å². The molecule has 0 atom stereocenters. The molecular formula is C59H34N4O. The average molecular weight is 815 g/mol. The number of nitriles is 2. The highest BCUT2D eigenvalue weighted by Gasteiger charge is 2.53. The van der Waals surface area contributed by atoms with Crippen molar-refractivity contribution < 1.29 is 4.42 Å². The third kappa shape index (κ3) is 4.76. The van der Waals surface area contributed by atoms with Crippen molar-refractivity contribution in [2.24, 2.45) is 0 Å². The second kappa shape index (κ2) is 13.6. The van der Waals surface area contributed by atoms with Crippen molar-refractivity contribution in [2.45, 2.75) is 5.41 Å². The minimum Gasteiger partial charge on any atom is -0.452 e. The van der Waals surface area contributed by atoms with E-state index in [1.807, 2.05) is 36.4 Å². The summed E-state index contributed by atoms with van der Waals surface area (Å²) in [6, 6.07) is 77.6. The van der Waals surface area contributed by atoms with Crippen LogP contribution in [0.3, 0.4) is 0 Å². The van der Waals surface area contributed by atoms with Crippen LogP contribution in [0.2, 0.25) is 0 Å². The van der Waals surface area contributed by atoms with Crippen molar-refractivity contribution >= 4 is 77.6 Å². The molecule has 296 valence electrons. The van der Waals surface area contributed by atoms with E-state index in [1.54, 1.807) is 6.07 Å². The molecule has 0 unspecified atom stereocenters. The highest BCUT2D eigenvalue weighted by atomic mass is 16.3. The Bertz CT molecular complexity index is 3790. The lowest BCUT2D eigenvalue weighted by Crippen LogP contribution is -2.36. The van der Waals surface area contributed by atoms with Gasteiger partial charge in [0.15, 0.2) is 11.2 Å². The summed E-state index contributed by atoms with van der Waals surface area (Å²) < 4.78 is 6.81. The number of furan rings is 1. The van der Waals surface area contributed by atoms with Crippen LogP contribution >= 0.6 is 0 Å². The summed E-state index contributed by atoms with van der Waals surface area (Å²) in [6.45, 7) is 0. The molecule has 1 aromatic heterocycles. The molecule has 1 aliphatic carbocycles. The molecule has 64 heavy (non-hydrogen) atoms. The van der Waals surface area contributed by atoms with E-state index in [-0.39, 0.29) is 0 Å². The summed E-state index contributed by atoms with van der Waals surface area (Å²) in [5, 5.41) is 26.5. The van der Waals surface area contributed by atoms with Crippen molar-refractivity contribution in [2.75, 3.05) is 9.80 Å². The first-order chi connectivity index (χ1) is 31.7. The number of nitrogens with zero attached hydrogens (tertiary/aromatic N) is 4. The molecule has 0 amide bonds. The van der Waals surface area contributed by atoms with Gasteiger partial charge in [-0.2, -0.15) is 10.5 Å². The van der Waals surface area contributed by atoms with Gasteiger partial charge in [0.25, 0.3) is 0 Å². The highest BCUT2D eigenvalue weighted by Crippen LogP contribution is 2.66. The number of hydrogen-bond acceptors (Lipinski definition) is 5. The van der Waals surface area contributed by atoms with E-state index in [2.05, 4.69) is 186 Å². The van der Waals surface area contributed by atoms with Crippen molar-refractivity contribution in [3.8, 4) is 23.3 Å². The fraction of sp³-hybridized carbons (Fsp3) is 0.0169. The van der Waals surface area contributed by atoms with Crippen LogP contribution in [0.25, 0.3) is 54.6 Å². The number of anilines is 6. The van der Waals surface area contributed by atoms with E-state index in [1.165, 1.54) is 44.2 Å². The molecule has 5 heteroatoms. The molecular weight excluding hydrogens is 781 g/mol. The molecule has 1 spiro atoms. The Balaban J connectivity index is 1.21. The number of benzene rings is 10. The summed E-state index contributed by atoms with van der Waals surface area (Å²) in [4.78, 5) is 4.70. The topological polar surface area (TPSA) is 67.2 Å². The molecule has 5 nitrogen and oxygen atoms in total. The maximum Gasteiger partial charge on any atom is 0.159 e. The second-order valence-corrected chi connectivity index (χ2v) is 16.6. The van der Waals surface area contributed by atoms with Crippen molar-refractivity contribution in [3.63, 3.8) is 0 Å². The lowest BCUT2D eigenvalue weighted by Gasteiger charge is -2.45. The first kappa shape index (κ1) is 35.8. The monoisotopic (exact) mass is 814 g/mol. The average Bonchev–Trinajstić information content (AvgIpc) is 3.90. The fourth-order valence-electron chi connectivity index (χ4n) is 10.9. The normalized spacial score (nSPS) is 13.1. The van der Waals surface area contributed by atoms with Crippen LogP contribution in [-0.4, -0.2) is 0 Å². The molecule has 11 aromatic rings. The SMILES string of the molecule is N#Cc1ccc(N(c2cc3c(c4ccccc24)-c2c(ccc4ccccc24)C32c3ccccc3N(c3ccccc3)c3ccccc32)c2cccc3c2oc2c(C#N)cccc23)cc1. The van der Waals surface area contributed by atoms with Gasteiger partial charge in [0.2, 0.25) is 0 Å². The standard InChI is InChI=1S/C59H34N4O/c60-35-37-28-31-41(32-29-37)63(53-27-13-22-46-45-21-12-15-39(36-61)57(45)64-58(46)53)54-34-50-56(44-20-7-6-19-43(44)54)55-42-18-5-4-14-38(42)30-33-49(55)59(50)47-23-8-10-25-51(47)62(40-16-2-1-3-17-40)52-26-11-9-24-48(52)59/h1-34H. The molecule has 2 aliphatic rings. The minimum atomic E-state index is -0.741. The van der Waals surface area contributed by atoms with Gasteiger partial charge < -0.3 is 14.2 Å². The summed E-state index contributed by atoms with van der Waals surface area (Å²) >= 11 is 0. The first-order valence-corrected chi connectivity index (χ1v) is 21.5. The predicted octanol–water partition coefficient (Wildman–Crippen LogP) is 15.3. The summed E-state index contributed by atoms with van der Waals surface area (Å²) in [5.41, 5.74) is 14.8. The van der Waals surface area contributed by atoms with E-state index in [0.29, 0.717) is 22.3 Å². The molecule has 0 radical (unpaired) electrons. The van der Waals surface area contributed by atoms with Crippen LogP contribution in [0.15, 0.2) is 211 Å². The van der Waals surface area contributed by atoms with Gasteiger partial charge in [-0.25, -0.2) is 0 Å². The van der Waals surface area contributed by atoms with Gasteiger partial charge >= 0.3 is 0 Å². The molecule has 0 N–H and O–H groups in total. The number of para-hydroxylation sites is 5. The zero-order chi connectivity index (χ0) is 42.5. The maximum absolute atomic E-state index is 10.2. The molecule has 10 aromatic carbocycles. The van der Waals surface area contributed by atoms with E-state index in [4.69, 9.17) is 4.42 Å². The van der Waals surface area contributed by atoms with Gasteiger partial charge in [0, 0.05) is 27.5 Å². The Morgan fingerprint density at radius 3 is 1.78 bits per heavy atom. The molecule has 0 saturated carbocycles. The van der Waals surface area contributed by atoms with E-state index in [9.17, 15) is 10.5 Å². The lowest BCUT2D eigenvalue weighted by atomic mass is 9.64. The molecule has 1 aliphatic heterocycles. The van der Waals surface area contributed by atoms with Crippen molar-refractivity contribution in [3.05, 3.63) is 240 Å². The Morgan fingerprint density at radius 1 is 0.438 bits per heavy atom. The second-order valence-electron chi connectivity index (χ2n) is 16.6. The molecule has 0 bridgehead atoms. The zero-order valence-corrected chi connectivity index (χ0v) is 34.3. The summed E-state index contributed by atoms with van der Waals surface area (Å²) in [7, 11) is 0. The predicted molar refractivity (Wildman–Crippen MR) is 258 cm³/mol. The van der Waals surface area contributed by atoms with Crippen molar-refractivity contribution in [1.29, 1.82) is 10.5 Å².